The topological polar surface area (TPSA) is 29.9 Å². The van der Waals surface area contributed by atoms with Crippen LogP contribution in [-0.4, -0.2) is 23.4 Å². The molecule has 1 N–H and O–H groups in total. The lowest BCUT2D eigenvalue weighted by Gasteiger charge is -2.01. The van der Waals surface area contributed by atoms with Crippen molar-refractivity contribution in [3.05, 3.63) is 16.4 Å². The van der Waals surface area contributed by atoms with E-state index in [4.69, 9.17) is 11.6 Å². The van der Waals surface area contributed by atoms with Gasteiger partial charge in [-0.25, -0.2) is 0 Å². The summed E-state index contributed by atoms with van der Waals surface area (Å²) in [6.45, 7) is 3.00. The number of aromatic nitrogens is 2. The van der Waals surface area contributed by atoms with E-state index in [2.05, 4.69) is 17.3 Å². The Morgan fingerprint density at radius 2 is 2.23 bits per heavy atom. The van der Waals surface area contributed by atoms with Crippen molar-refractivity contribution in [1.29, 1.82) is 0 Å². The molecule has 74 valence electrons. The second-order valence-corrected chi connectivity index (χ2v) is 3.42. The van der Waals surface area contributed by atoms with Crippen LogP contribution in [0.5, 0.6) is 0 Å². The summed E-state index contributed by atoms with van der Waals surface area (Å²) in [5, 5.41) is 8.27. The minimum atomic E-state index is 0.834. The van der Waals surface area contributed by atoms with Gasteiger partial charge in [0, 0.05) is 20.0 Å². The van der Waals surface area contributed by atoms with Crippen molar-refractivity contribution in [2.45, 2.75) is 19.8 Å². The lowest BCUT2D eigenvalue weighted by molar-refractivity contribution is 0.674. The van der Waals surface area contributed by atoms with E-state index in [1.807, 2.05) is 18.8 Å². The molecule has 0 saturated heterocycles. The maximum absolute atomic E-state index is 6.15. The molecule has 0 aliphatic carbocycles. The maximum Gasteiger partial charge on any atom is 0.0850 e. The molecule has 0 amide bonds. The van der Waals surface area contributed by atoms with Crippen LogP contribution in [-0.2, 0) is 19.9 Å². The first kappa shape index (κ1) is 10.5. The molecule has 4 heteroatoms. The SMILES string of the molecule is CCc1nn(C)c(CCNC)c1Cl. The van der Waals surface area contributed by atoms with E-state index in [1.54, 1.807) is 0 Å². The van der Waals surface area contributed by atoms with E-state index in [1.165, 1.54) is 0 Å². The van der Waals surface area contributed by atoms with E-state index >= 15 is 0 Å². The molecule has 0 bridgehead atoms. The fourth-order valence-corrected chi connectivity index (χ4v) is 1.72. The molecule has 13 heavy (non-hydrogen) atoms. The molecule has 0 saturated carbocycles. The Morgan fingerprint density at radius 1 is 1.54 bits per heavy atom. The van der Waals surface area contributed by atoms with Gasteiger partial charge in [0.15, 0.2) is 0 Å². The average molecular weight is 202 g/mol. The number of hydrogen-bond donors (Lipinski definition) is 1. The molecule has 0 aliphatic rings. The molecule has 1 aromatic heterocycles. The highest BCUT2D eigenvalue weighted by atomic mass is 35.5. The Hall–Kier alpha value is -0.540. The summed E-state index contributed by atoms with van der Waals surface area (Å²) in [5.74, 6) is 0. The zero-order chi connectivity index (χ0) is 9.84. The number of halogens is 1. The first-order chi connectivity index (χ1) is 6.20. The highest BCUT2D eigenvalue weighted by Gasteiger charge is 2.11. The van der Waals surface area contributed by atoms with Gasteiger partial charge in [0.25, 0.3) is 0 Å². The van der Waals surface area contributed by atoms with E-state index in [9.17, 15) is 0 Å². The average Bonchev–Trinajstić information content (AvgIpc) is 2.39. The van der Waals surface area contributed by atoms with Gasteiger partial charge in [0.1, 0.15) is 0 Å². The van der Waals surface area contributed by atoms with Crippen LogP contribution in [0, 0.1) is 0 Å². The Morgan fingerprint density at radius 3 is 2.69 bits per heavy atom. The van der Waals surface area contributed by atoms with Crippen molar-refractivity contribution in [3.8, 4) is 0 Å². The molecule has 1 rings (SSSR count). The van der Waals surface area contributed by atoms with Gasteiger partial charge in [-0.15, -0.1) is 0 Å². The molecule has 0 aromatic carbocycles. The van der Waals surface area contributed by atoms with E-state index in [-0.39, 0.29) is 0 Å². The van der Waals surface area contributed by atoms with Gasteiger partial charge in [-0.1, -0.05) is 18.5 Å². The molecule has 3 nitrogen and oxygen atoms in total. The van der Waals surface area contributed by atoms with Crippen molar-refractivity contribution in [1.82, 2.24) is 15.1 Å². The van der Waals surface area contributed by atoms with Crippen LogP contribution in [0.2, 0.25) is 5.02 Å². The van der Waals surface area contributed by atoms with Crippen molar-refractivity contribution >= 4 is 11.6 Å². The fourth-order valence-electron chi connectivity index (χ4n) is 1.33. The standard InChI is InChI=1S/C9H16ClN3/c1-4-7-9(10)8(5-6-11-2)13(3)12-7/h11H,4-6H2,1-3H3. The number of likely N-dealkylation sites (N-methyl/N-ethyl adjacent to an activating group) is 1. The number of nitrogens with zero attached hydrogens (tertiary/aromatic N) is 2. The van der Waals surface area contributed by atoms with Crippen LogP contribution >= 0.6 is 11.6 Å². The predicted octanol–water partition coefficient (Wildman–Crippen LogP) is 1.40. The second-order valence-electron chi connectivity index (χ2n) is 3.04. The van der Waals surface area contributed by atoms with E-state index in [0.717, 1.165) is 35.8 Å². The summed E-state index contributed by atoms with van der Waals surface area (Å²) in [5.41, 5.74) is 2.11. The van der Waals surface area contributed by atoms with Crippen LogP contribution in [0.25, 0.3) is 0 Å². The molecule has 1 aromatic rings. The molecular weight excluding hydrogens is 186 g/mol. The minimum Gasteiger partial charge on any atom is -0.319 e. The second kappa shape index (κ2) is 4.63. The smallest absolute Gasteiger partial charge is 0.0850 e. The Kier molecular flexibility index (Phi) is 3.75. The van der Waals surface area contributed by atoms with Crippen LogP contribution in [0.3, 0.4) is 0 Å². The summed E-state index contributed by atoms with van der Waals surface area (Å²) >= 11 is 6.15. The quantitative estimate of drug-likeness (QED) is 0.798. The zero-order valence-electron chi connectivity index (χ0n) is 8.39. The molecule has 0 spiro atoms. The third kappa shape index (κ3) is 2.23. The van der Waals surface area contributed by atoms with Crippen LogP contribution in [0.1, 0.15) is 18.3 Å². The van der Waals surface area contributed by atoms with Gasteiger partial charge in [-0.2, -0.15) is 5.10 Å². The summed E-state index contributed by atoms with van der Waals surface area (Å²) < 4.78 is 1.87. The molecule has 0 aliphatic heterocycles. The van der Waals surface area contributed by atoms with Gasteiger partial charge in [0.05, 0.1) is 16.4 Å². The van der Waals surface area contributed by atoms with Crippen LogP contribution < -0.4 is 5.32 Å². The molecule has 0 atom stereocenters. The summed E-state index contributed by atoms with van der Waals surface area (Å²) in [4.78, 5) is 0. The van der Waals surface area contributed by atoms with Gasteiger partial charge in [-0.3, -0.25) is 4.68 Å². The summed E-state index contributed by atoms with van der Waals surface area (Å²) in [7, 11) is 3.88. The Labute approximate surface area is 84.1 Å². The fraction of sp³-hybridized carbons (Fsp3) is 0.667. The van der Waals surface area contributed by atoms with E-state index in [0.29, 0.717) is 0 Å². The lowest BCUT2D eigenvalue weighted by atomic mass is 10.2. The Balaban J connectivity index is 2.85. The zero-order valence-corrected chi connectivity index (χ0v) is 9.15. The lowest BCUT2D eigenvalue weighted by Crippen LogP contribution is -2.12. The van der Waals surface area contributed by atoms with Gasteiger partial charge in [-0.05, 0) is 13.5 Å². The maximum atomic E-state index is 6.15. The number of aryl methyl sites for hydroxylation is 2. The van der Waals surface area contributed by atoms with Crippen LogP contribution in [0.4, 0.5) is 0 Å². The predicted molar refractivity (Wildman–Crippen MR) is 55.2 cm³/mol. The van der Waals surface area contributed by atoms with Gasteiger partial charge < -0.3 is 5.32 Å². The van der Waals surface area contributed by atoms with Gasteiger partial charge >= 0.3 is 0 Å². The minimum absolute atomic E-state index is 0.834. The molecule has 0 unspecified atom stereocenters. The monoisotopic (exact) mass is 201 g/mol. The molecular formula is C9H16ClN3. The van der Waals surface area contributed by atoms with Crippen molar-refractivity contribution < 1.29 is 0 Å². The molecule has 0 radical (unpaired) electrons. The first-order valence-electron chi connectivity index (χ1n) is 4.55. The highest BCUT2D eigenvalue weighted by molar-refractivity contribution is 6.31. The number of nitrogens with one attached hydrogen (secondary N) is 1. The summed E-state index contributed by atoms with van der Waals surface area (Å²) in [6.07, 6.45) is 1.82. The molecule has 1 heterocycles. The van der Waals surface area contributed by atoms with Gasteiger partial charge in [0.2, 0.25) is 0 Å². The molecule has 0 fully saturated rings. The number of rotatable bonds is 4. The Bertz CT molecular complexity index is 281. The third-order valence-electron chi connectivity index (χ3n) is 2.11. The number of hydrogen-bond acceptors (Lipinski definition) is 2. The highest BCUT2D eigenvalue weighted by Crippen LogP contribution is 2.20. The largest absolute Gasteiger partial charge is 0.319 e. The van der Waals surface area contributed by atoms with Crippen LogP contribution in [0.15, 0.2) is 0 Å². The normalized spacial score (nSPS) is 10.8. The van der Waals surface area contributed by atoms with E-state index < -0.39 is 0 Å². The summed E-state index contributed by atoms with van der Waals surface area (Å²) in [6, 6.07) is 0. The van der Waals surface area contributed by atoms with Crippen molar-refractivity contribution in [2.24, 2.45) is 7.05 Å². The third-order valence-corrected chi connectivity index (χ3v) is 2.55. The first-order valence-corrected chi connectivity index (χ1v) is 4.93. The van der Waals surface area contributed by atoms with Crippen molar-refractivity contribution in [3.63, 3.8) is 0 Å². The van der Waals surface area contributed by atoms with Crippen molar-refractivity contribution in [2.75, 3.05) is 13.6 Å².